The van der Waals surface area contributed by atoms with Gasteiger partial charge in [0.15, 0.2) is 0 Å². The lowest BCUT2D eigenvalue weighted by Gasteiger charge is -2.09. The van der Waals surface area contributed by atoms with Gasteiger partial charge in [-0.2, -0.15) is 0 Å². The zero-order valence-corrected chi connectivity index (χ0v) is 9.42. The maximum absolute atomic E-state index is 10.5. The fourth-order valence-corrected chi connectivity index (χ4v) is 1.63. The lowest BCUT2D eigenvalue weighted by Crippen LogP contribution is -2.17. The van der Waals surface area contributed by atoms with Crippen molar-refractivity contribution in [3.8, 4) is 5.75 Å². The van der Waals surface area contributed by atoms with Crippen LogP contribution < -0.4 is 4.74 Å². The molecule has 1 unspecified atom stereocenters. The van der Waals surface area contributed by atoms with Gasteiger partial charge in [-0.3, -0.25) is 4.79 Å². The molecule has 0 aliphatic carbocycles. The van der Waals surface area contributed by atoms with Gasteiger partial charge < -0.3 is 14.6 Å². The molecule has 0 amide bonds. The van der Waals surface area contributed by atoms with Gasteiger partial charge in [-0.25, -0.2) is 4.99 Å². The van der Waals surface area contributed by atoms with Crippen molar-refractivity contribution in [2.24, 2.45) is 4.99 Å². The van der Waals surface area contributed by atoms with E-state index in [4.69, 9.17) is 14.6 Å². The standard InChI is InChI=1S/C12H13NO4/c1-16-9-4-2-3-8(5-9)12-13-7-10(17-12)6-11(14)15/h2-5,10H,6-7H2,1H3,(H,14,15). The maximum atomic E-state index is 10.5. The maximum Gasteiger partial charge on any atom is 0.307 e. The van der Waals surface area contributed by atoms with Crippen molar-refractivity contribution in [2.45, 2.75) is 12.5 Å². The fraction of sp³-hybridized carbons (Fsp3) is 0.333. The van der Waals surface area contributed by atoms with E-state index >= 15 is 0 Å². The van der Waals surface area contributed by atoms with Crippen LogP contribution in [0.3, 0.4) is 0 Å². The van der Waals surface area contributed by atoms with E-state index in [-0.39, 0.29) is 12.5 Å². The number of nitrogens with zero attached hydrogens (tertiary/aromatic N) is 1. The molecule has 1 aromatic carbocycles. The SMILES string of the molecule is COc1cccc(C2=NCC(CC(=O)O)O2)c1. The number of ether oxygens (including phenoxy) is 2. The second kappa shape index (κ2) is 4.86. The van der Waals surface area contributed by atoms with Gasteiger partial charge in [0.25, 0.3) is 0 Å². The third kappa shape index (κ3) is 2.75. The number of aliphatic imine (C=N–C) groups is 1. The number of methoxy groups -OCH3 is 1. The number of carboxylic acids is 1. The van der Waals surface area contributed by atoms with Crippen molar-refractivity contribution in [3.63, 3.8) is 0 Å². The summed E-state index contributed by atoms with van der Waals surface area (Å²) in [6.07, 6.45) is -0.398. The summed E-state index contributed by atoms with van der Waals surface area (Å²) >= 11 is 0. The van der Waals surface area contributed by atoms with Gasteiger partial charge in [0, 0.05) is 5.56 Å². The van der Waals surface area contributed by atoms with Crippen molar-refractivity contribution in [1.29, 1.82) is 0 Å². The molecule has 0 saturated carbocycles. The van der Waals surface area contributed by atoms with Crippen LogP contribution in [0.15, 0.2) is 29.3 Å². The first-order valence-electron chi connectivity index (χ1n) is 5.26. The number of aliphatic carboxylic acids is 1. The van der Waals surface area contributed by atoms with E-state index in [1.807, 2.05) is 24.3 Å². The number of hydrogen-bond acceptors (Lipinski definition) is 4. The van der Waals surface area contributed by atoms with E-state index in [2.05, 4.69) is 4.99 Å². The minimum Gasteiger partial charge on any atom is -0.497 e. The largest absolute Gasteiger partial charge is 0.497 e. The summed E-state index contributed by atoms with van der Waals surface area (Å²) in [6, 6.07) is 7.32. The third-order valence-corrected chi connectivity index (χ3v) is 2.44. The molecule has 5 heteroatoms. The van der Waals surface area contributed by atoms with Gasteiger partial charge in [-0.15, -0.1) is 0 Å². The molecule has 0 radical (unpaired) electrons. The van der Waals surface area contributed by atoms with Crippen molar-refractivity contribution < 1.29 is 19.4 Å². The Kier molecular flexibility index (Phi) is 3.27. The monoisotopic (exact) mass is 235 g/mol. The van der Waals surface area contributed by atoms with Gasteiger partial charge in [-0.1, -0.05) is 6.07 Å². The molecule has 0 aromatic heterocycles. The van der Waals surface area contributed by atoms with Crippen molar-refractivity contribution >= 4 is 11.9 Å². The summed E-state index contributed by atoms with van der Waals surface area (Å²) in [5.41, 5.74) is 0.803. The summed E-state index contributed by atoms with van der Waals surface area (Å²) in [6.45, 7) is 0.388. The van der Waals surface area contributed by atoms with Crippen LogP contribution in [0.2, 0.25) is 0 Å². The average Bonchev–Trinajstić information content (AvgIpc) is 2.77. The zero-order valence-electron chi connectivity index (χ0n) is 9.42. The molecule has 1 aliphatic rings. The van der Waals surface area contributed by atoms with E-state index in [1.165, 1.54) is 0 Å². The number of benzene rings is 1. The molecule has 17 heavy (non-hydrogen) atoms. The Morgan fingerprint density at radius 2 is 2.47 bits per heavy atom. The first-order chi connectivity index (χ1) is 8.19. The number of hydrogen-bond donors (Lipinski definition) is 1. The quantitative estimate of drug-likeness (QED) is 0.854. The predicted molar refractivity (Wildman–Crippen MR) is 61.5 cm³/mol. The predicted octanol–water partition coefficient (Wildman–Crippen LogP) is 1.32. The molecule has 0 saturated heterocycles. The van der Waals surface area contributed by atoms with Crippen LogP contribution >= 0.6 is 0 Å². The fourth-order valence-electron chi connectivity index (χ4n) is 1.63. The molecular formula is C12H13NO4. The Balaban J connectivity index is 2.06. The smallest absolute Gasteiger partial charge is 0.307 e. The number of carbonyl (C=O) groups is 1. The molecule has 1 N–H and O–H groups in total. The topological polar surface area (TPSA) is 68.1 Å². The van der Waals surface area contributed by atoms with Crippen molar-refractivity contribution in [1.82, 2.24) is 0 Å². The number of rotatable bonds is 4. The summed E-state index contributed by atoms with van der Waals surface area (Å²) in [4.78, 5) is 14.7. The van der Waals surface area contributed by atoms with Crippen LogP contribution in [-0.4, -0.2) is 36.7 Å². The van der Waals surface area contributed by atoms with E-state index in [1.54, 1.807) is 7.11 Å². The van der Waals surface area contributed by atoms with Gasteiger partial charge in [0.05, 0.1) is 20.1 Å². The minimum absolute atomic E-state index is 0.0308. The number of carboxylic acid groups (broad SMARTS) is 1. The molecule has 1 aliphatic heterocycles. The second-order valence-electron chi connectivity index (χ2n) is 3.72. The van der Waals surface area contributed by atoms with E-state index in [9.17, 15) is 4.79 Å². The van der Waals surface area contributed by atoms with Crippen LogP contribution in [0.5, 0.6) is 5.75 Å². The van der Waals surface area contributed by atoms with Crippen LogP contribution in [0, 0.1) is 0 Å². The Bertz CT molecular complexity index is 456. The highest BCUT2D eigenvalue weighted by Gasteiger charge is 2.23. The van der Waals surface area contributed by atoms with Crippen LogP contribution in [-0.2, 0) is 9.53 Å². The Morgan fingerprint density at radius 3 is 3.18 bits per heavy atom. The average molecular weight is 235 g/mol. The normalized spacial score (nSPS) is 18.4. The lowest BCUT2D eigenvalue weighted by atomic mass is 10.2. The van der Waals surface area contributed by atoms with Crippen molar-refractivity contribution in [3.05, 3.63) is 29.8 Å². The first kappa shape index (κ1) is 11.4. The van der Waals surface area contributed by atoms with E-state index in [0.717, 1.165) is 11.3 Å². The van der Waals surface area contributed by atoms with E-state index in [0.29, 0.717) is 12.4 Å². The molecule has 0 fully saturated rings. The summed E-state index contributed by atoms with van der Waals surface area (Å²) in [7, 11) is 1.59. The highest BCUT2D eigenvalue weighted by molar-refractivity contribution is 5.95. The van der Waals surface area contributed by atoms with Gasteiger partial charge >= 0.3 is 5.97 Å². The van der Waals surface area contributed by atoms with Crippen LogP contribution in [0.25, 0.3) is 0 Å². The Labute approximate surface area is 98.7 Å². The first-order valence-corrected chi connectivity index (χ1v) is 5.26. The lowest BCUT2D eigenvalue weighted by molar-refractivity contribution is -0.138. The third-order valence-electron chi connectivity index (χ3n) is 2.44. The van der Waals surface area contributed by atoms with Gasteiger partial charge in [0.2, 0.25) is 5.90 Å². The highest BCUT2D eigenvalue weighted by Crippen LogP contribution is 2.18. The zero-order chi connectivity index (χ0) is 12.3. The molecule has 2 rings (SSSR count). The Morgan fingerprint density at radius 1 is 1.65 bits per heavy atom. The van der Waals surface area contributed by atoms with E-state index < -0.39 is 5.97 Å². The van der Waals surface area contributed by atoms with Crippen LogP contribution in [0.4, 0.5) is 0 Å². The molecule has 5 nitrogen and oxygen atoms in total. The second-order valence-corrected chi connectivity index (χ2v) is 3.72. The van der Waals surface area contributed by atoms with Crippen molar-refractivity contribution in [2.75, 3.05) is 13.7 Å². The molecule has 1 aromatic rings. The molecule has 1 atom stereocenters. The summed E-state index contributed by atoms with van der Waals surface area (Å²) in [5.74, 6) is 0.322. The van der Waals surface area contributed by atoms with Crippen LogP contribution in [0.1, 0.15) is 12.0 Å². The minimum atomic E-state index is -0.878. The molecule has 1 heterocycles. The van der Waals surface area contributed by atoms with Gasteiger partial charge in [-0.05, 0) is 18.2 Å². The molecular weight excluding hydrogens is 222 g/mol. The summed E-state index contributed by atoms with van der Waals surface area (Å²) < 4.78 is 10.6. The summed E-state index contributed by atoms with van der Waals surface area (Å²) in [5, 5.41) is 8.66. The molecule has 0 spiro atoms. The highest BCUT2D eigenvalue weighted by atomic mass is 16.5. The molecule has 90 valence electrons. The Hall–Kier alpha value is -2.04. The molecule has 0 bridgehead atoms. The van der Waals surface area contributed by atoms with Gasteiger partial charge in [0.1, 0.15) is 11.9 Å².